The van der Waals surface area contributed by atoms with Crippen LogP contribution in [0.2, 0.25) is 0 Å². The van der Waals surface area contributed by atoms with Crippen LogP contribution in [0, 0.1) is 5.92 Å². The van der Waals surface area contributed by atoms with E-state index in [1.54, 1.807) is 6.20 Å². The van der Waals surface area contributed by atoms with Crippen LogP contribution in [0.5, 0.6) is 0 Å². The Morgan fingerprint density at radius 2 is 2.43 bits per heavy atom. The Morgan fingerprint density at radius 3 is 3.00 bits per heavy atom. The number of hydrogen-bond donors (Lipinski definition) is 1. The molecule has 3 heteroatoms. The summed E-state index contributed by atoms with van der Waals surface area (Å²) in [5, 5.41) is 11.3. The number of rotatable bonds is 5. The van der Waals surface area contributed by atoms with E-state index in [2.05, 4.69) is 22.4 Å². The van der Waals surface area contributed by atoms with Gasteiger partial charge in [-0.05, 0) is 30.9 Å². The van der Waals surface area contributed by atoms with E-state index in [0.717, 1.165) is 18.2 Å². The smallest absolute Gasteiger partial charge is 0.148 e. The van der Waals surface area contributed by atoms with Gasteiger partial charge in [-0.2, -0.15) is 5.10 Å². The van der Waals surface area contributed by atoms with Crippen molar-refractivity contribution in [2.45, 2.75) is 38.6 Å². The van der Waals surface area contributed by atoms with Gasteiger partial charge in [-0.15, -0.1) is 5.10 Å². The predicted octanol–water partition coefficient (Wildman–Crippen LogP) is 2.47. The van der Waals surface area contributed by atoms with E-state index in [-0.39, 0.29) is 0 Å². The summed E-state index contributed by atoms with van der Waals surface area (Å²) in [7, 11) is 0. The number of aromatic nitrogens is 2. The third-order valence-corrected chi connectivity index (χ3v) is 2.73. The van der Waals surface area contributed by atoms with Gasteiger partial charge >= 0.3 is 0 Å². The van der Waals surface area contributed by atoms with Crippen LogP contribution >= 0.6 is 0 Å². The van der Waals surface area contributed by atoms with Gasteiger partial charge in [0, 0.05) is 12.2 Å². The second-order valence-electron chi connectivity index (χ2n) is 4.04. The standard InChI is InChI=1S/C11H17N3/c1-2-10(8-9-5-6-9)13-11-4-3-7-12-14-11/h3-4,7,9-10H,2,5-6,8H2,1H3,(H,13,14). The van der Waals surface area contributed by atoms with Crippen molar-refractivity contribution in [3.63, 3.8) is 0 Å². The van der Waals surface area contributed by atoms with Gasteiger partial charge < -0.3 is 5.32 Å². The fourth-order valence-electron chi connectivity index (χ4n) is 1.67. The molecule has 0 amide bonds. The van der Waals surface area contributed by atoms with Gasteiger partial charge in [-0.3, -0.25) is 0 Å². The lowest BCUT2D eigenvalue weighted by molar-refractivity contribution is 0.584. The molecule has 1 aliphatic carbocycles. The van der Waals surface area contributed by atoms with Gasteiger partial charge in [-0.1, -0.05) is 19.8 Å². The quantitative estimate of drug-likeness (QED) is 0.777. The fourth-order valence-corrected chi connectivity index (χ4v) is 1.67. The SMILES string of the molecule is CCC(CC1CC1)Nc1cccnn1. The Labute approximate surface area is 84.9 Å². The normalized spacial score (nSPS) is 17.8. The lowest BCUT2D eigenvalue weighted by atomic mass is 10.1. The highest BCUT2D eigenvalue weighted by molar-refractivity contribution is 5.32. The Balaban J connectivity index is 1.87. The van der Waals surface area contributed by atoms with Crippen molar-refractivity contribution >= 4 is 5.82 Å². The molecule has 0 saturated heterocycles. The number of anilines is 1. The first kappa shape index (κ1) is 9.44. The molecule has 0 aliphatic heterocycles. The molecule has 76 valence electrons. The summed E-state index contributed by atoms with van der Waals surface area (Å²) >= 11 is 0. The van der Waals surface area contributed by atoms with Gasteiger partial charge in [0.25, 0.3) is 0 Å². The van der Waals surface area contributed by atoms with Gasteiger partial charge in [0.2, 0.25) is 0 Å². The molecule has 1 aliphatic rings. The molecule has 1 unspecified atom stereocenters. The van der Waals surface area contributed by atoms with Crippen molar-refractivity contribution in [1.82, 2.24) is 10.2 Å². The molecule has 14 heavy (non-hydrogen) atoms. The van der Waals surface area contributed by atoms with Crippen LogP contribution in [0.15, 0.2) is 18.3 Å². The molecule has 1 saturated carbocycles. The lowest BCUT2D eigenvalue weighted by Crippen LogP contribution is -2.19. The van der Waals surface area contributed by atoms with E-state index in [0.29, 0.717) is 6.04 Å². The van der Waals surface area contributed by atoms with Crippen LogP contribution < -0.4 is 5.32 Å². The maximum absolute atomic E-state index is 4.03. The first-order valence-corrected chi connectivity index (χ1v) is 5.42. The van der Waals surface area contributed by atoms with Crippen LogP contribution in [0.3, 0.4) is 0 Å². The number of hydrogen-bond acceptors (Lipinski definition) is 3. The fraction of sp³-hybridized carbons (Fsp3) is 0.636. The first-order chi connectivity index (χ1) is 6.88. The van der Waals surface area contributed by atoms with E-state index in [9.17, 15) is 0 Å². The van der Waals surface area contributed by atoms with E-state index in [4.69, 9.17) is 0 Å². The molecule has 1 heterocycles. The zero-order valence-electron chi connectivity index (χ0n) is 8.61. The summed E-state index contributed by atoms with van der Waals surface area (Å²) in [6.07, 6.45) is 6.98. The minimum Gasteiger partial charge on any atom is -0.366 e. The van der Waals surface area contributed by atoms with Crippen molar-refractivity contribution in [3.8, 4) is 0 Å². The van der Waals surface area contributed by atoms with Gasteiger partial charge in [0.05, 0.1) is 0 Å². The number of nitrogens with one attached hydrogen (secondary N) is 1. The van der Waals surface area contributed by atoms with E-state index >= 15 is 0 Å². The first-order valence-electron chi connectivity index (χ1n) is 5.42. The zero-order valence-corrected chi connectivity index (χ0v) is 8.61. The molecule has 3 nitrogen and oxygen atoms in total. The van der Waals surface area contributed by atoms with Crippen LogP contribution in [0.25, 0.3) is 0 Å². The molecule has 1 N–H and O–H groups in total. The highest BCUT2D eigenvalue weighted by atomic mass is 15.2. The molecule has 0 bridgehead atoms. The van der Waals surface area contributed by atoms with Gasteiger partial charge in [-0.25, -0.2) is 0 Å². The van der Waals surface area contributed by atoms with E-state index in [1.165, 1.54) is 19.3 Å². The highest BCUT2D eigenvalue weighted by Crippen LogP contribution is 2.34. The monoisotopic (exact) mass is 191 g/mol. The molecule has 1 atom stereocenters. The molecule has 0 radical (unpaired) electrons. The van der Waals surface area contributed by atoms with Gasteiger partial charge in [0.1, 0.15) is 5.82 Å². The van der Waals surface area contributed by atoms with Crippen molar-refractivity contribution < 1.29 is 0 Å². The third kappa shape index (κ3) is 2.69. The molecule has 1 fully saturated rings. The van der Waals surface area contributed by atoms with Crippen molar-refractivity contribution in [3.05, 3.63) is 18.3 Å². The number of nitrogens with zero attached hydrogens (tertiary/aromatic N) is 2. The topological polar surface area (TPSA) is 37.8 Å². The molecule has 1 aromatic heterocycles. The summed E-state index contributed by atoms with van der Waals surface area (Å²) in [4.78, 5) is 0. The summed E-state index contributed by atoms with van der Waals surface area (Å²) in [5.74, 6) is 1.86. The minimum atomic E-state index is 0.569. The maximum atomic E-state index is 4.03. The Bertz CT molecular complexity index is 269. The van der Waals surface area contributed by atoms with E-state index < -0.39 is 0 Å². The Kier molecular flexibility index (Phi) is 2.96. The molecular weight excluding hydrogens is 174 g/mol. The highest BCUT2D eigenvalue weighted by Gasteiger charge is 2.24. The average Bonchev–Trinajstić information content (AvgIpc) is 3.02. The van der Waals surface area contributed by atoms with E-state index in [1.807, 2.05) is 12.1 Å². The summed E-state index contributed by atoms with van der Waals surface area (Å²) in [6, 6.07) is 4.46. The summed E-state index contributed by atoms with van der Waals surface area (Å²) < 4.78 is 0. The van der Waals surface area contributed by atoms with Crippen LogP contribution in [0.1, 0.15) is 32.6 Å². The van der Waals surface area contributed by atoms with Crippen molar-refractivity contribution in [1.29, 1.82) is 0 Å². The van der Waals surface area contributed by atoms with Crippen LogP contribution in [-0.2, 0) is 0 Å². The molecule has 2 rings (SSSR count). The minimum absolute atomic E-state index is 0.569. The van der Waals surface area contributed by atoms with Crippen LogP contribution in [-0.4, -0.2) is 16.2 Å². The second kappa shape index (κ2) is 4.40. The molecule has 0 aromatic carbocycles. The Hall–Kier alpha value is -1.12. The largest absolute Gasteiger partial charge is 0.366 e. The molecule has 1 aromatic rings. The second-order valence-corrected chi connectivity index (χ2v) is 4.04. The van der Waals surface area contributed by atoms with Crippen LogP contribution in [0.4, 0.5) is 5.82 Å². The summed E-state index contributed by atoms with van der Waals surface area (Å²) in [6.45, 7) is 2.22. The predicted molar refractivity (Wildman–Crippen MR) is 57.1 cm³/mol. The van der Waals surface area contributed by atoms with Gasteiger partial charge in [0.15, 0.2) is 0 Å². The van der Waals surface area contributed by atoms with Crippen molar-refractivity contribution in [2.75, 3.05) is 5.32 Å². The maximum Gasteiger partial charge on any atom is 0.148 e. The molecule has 0 spiro atoms. The molecular formula is C11H17N3. The average molecular weight is 191 g/mol. The third-order valence-electron chi connectivity index (χ3n) is 2.73. The summed E-state index contributed by atoms with van der Waals surface area (Å²) in [5.41, 5.74) is 0. The van der Waals surface area contributed by atoms with Crippen molar-refractivity contribution in [2.24, 2.45) is 5.92 Å². The lowest BCUT2D eigenvalue weighted by Gasteiger charge is -2.16. The zero-order chi connectivity index (χ0) is 9.80. The Morgan fingerprint density at radius 1 is 1.57 bits per heavy atom.